The van der Waals surface area contributed by atoms with Crippen molar-refractivity contribution >= 4 is 50.7 Å². The fourth-order valence-corrected chi connectivity index (χ4v) is 30.5. The van der Waals surface area contributed by atoms with Crippen molar-refractivity contribution in [2.45, 2.75) is 11.6 Å². The van der Waals surface area contributed by atoms with Crippen LogP contribution in [-0.2, 0) is 2.90 Å². The van der Waals surface area contributed by atoms with Crippen molar-refractivity contribution in [2.24, 2.45) is 0 Å². The molecule has 0 aromatic carbocycles. The standard InChI is InChI=1S/C2H8Br2F4OSe2/c1-10(3,5,6)9-11(2,4,7)8/h10-11H,1-2H3. The Labute approximate surface area is 78.9 Å². The minimum absolute atomic E-state index is 0.391. The molecule has 0 amide bonds. The monoisotopic (exact) mass is 442 g/mol. The maximum absolute atomic E-state index is 12.6. The van der Waals surface area contributed by atoms with Crippen molar-refractivity contribution in [3.63, 3.8) is 0 Å². The number of hydrogen-bond acceptors (Lipinski definition) is 1. The molecule has 0 saturated heterocycles. The maximum atomic E-state index is 12.6. The fourth-order valence-electron chi connectivity index (χ4n) is 0.372. The van der Waals surface area contributed by atoms with Gasteiger partial charge in [-0.15, -0.1) is 0 Å². The molecule has 0 unspecified atom stereocenters. The Kier molecular flexibility index (Phi) is 2.98. The Morgan fingerprint density at radius 1 is 0.909 bits per heavy atom. The third kappa shape index (κ3) is 11.7. The summed E-state index contributed by atoms with van der Waals surface area (Å²) in [6.07, 6.45) is 0. The molecule has 0 aromatic rings. The Bertz CT molecular complexity index is 142. The molecule has 0 aromatic heterocycles. The van der Waals surface area contributed by atoms with Gasteiger partial charge in [-0.3, -0.25) is 0 Å². The Morgan fingerprint density at radius 3 is 1.09 bits per heavy atom. The molecule has 0 aliphatic heterocycles. The van der Waals surface area contributed by atoms with Crippen molar-refractivity contribution in [2.75, 3.05) is 0 Å². The van der Waals surface area contributed by atoms with Crippen LogP contribution in [-0.4, -0.2) is 22.4 Å². The molecule has 0 rings (SSSR count). The van der Waals surface area contributed by atoms with E-state index in [1.807, 2.05) is 28.2 Å². The van der Waals surface area contributed by atoms with E-state index in [1.165, 1.54) is 0 Å². The summed E-state index contributed by atoms with van der Waals surface area (Å²) >= 11 is -8.64. The van der Waals surface area contributed by atoms with E-state index in [1.54, 1.807) is 0 Å². The van der Waals surface area contributed by atoms with Gasteiger partial charge in [0.2, 0.25) is 0 Å². The molecule has 0 N–H and O–H groups in total. The summed E-state index contributed by atoms with van der Waals surface area (Å²) in [5, 5.41) is 0. The second-order valence-corrected chi connectivity index (χ2v) is 29.5. The second kappa shape index (κ2) is 2.59. The molecule has 76 valence electrons. The van der Waals surface area contributed by atoms with E-state index in [0.717, 1.165) is 0 Å². The molecule has 1 nitrogen and oxygen atoms in total. The van der Waals surface area contributed by atoms with Crippen LogP contribution in [0, 0.1) is 0 Å². The molecule has 0 heterocycles. The zero-order chi connectivity index (χ0) is 9.60. The average molecular weight is 442 g/mol. The molecule has 0 bridgehead atoms. The van der Waals surface area contributed by atoms with E-state index >= 15 is 0 Å². The van der Waals surface area contributed by atoms with Gasteiger partial charge >= 0.3 is 79.4 Å². The van der Waals surface area contributed by atoms with Crippen molar-refractivity contribution in [1.82, 2.24) is 0 Å². The van der Waals surface area contributed by atoms with E-state index in [2.05, 4.69) is 2.90 Å². The van der Waals surface area contributed by atoms with Crippen LogP contribution in [0.5, 0.6) is 0 Å². The second-order valence-electron chi connectivity index (χ2n) is 2.26. The molecule has 0 atom stereocenters. The van der Waals surface area contributed by atoms with Crippen molar-refractivity contribution in [1.29, 1.82) is 0 Å². The summed E-state index contributed by atoms with van der Waals surface area (Å²) in [4.78, 5) is 0. The van der Waals surface area contributed by atoms with Crippen LogP contribution >= 0.6 is 28.2 Å². The SMILES string of the molecule is C[SeH](F)(F)(Br)O[SeH](C)(F)(F)Br. The Morgan fingerprint density at radius 2 is 1.09 bits per heavy atom. The predicted molar refractivity (Wildman–Crippen MR) is 49.4 cm³/mol. The van der Waals surface area contributed by atoms with Crippen LogP contribution in [0.25, 0.3) is 0 Å². The summed E-state index contributed by atoms with van der Waals surface area (Å²) in [6, 6.07) is 0. The van der Waals surface area contributed by atoms with Gasteiger partial charge < -0.3 is 0 Å². The number of halogens is 6. The quantitative estimate of drug-likeness (QED) is 0.472. The van der Waals surface area contributed by atoms with Crippen LogP contribution in [0.15, 0.2) is 0 Å². The van der Waals surface area contributed by atoms with Crippen LogP contribution in [0.4, 0.5) is 14.2 Å². The molecule has 0 aliphatic carbocycles. The van der Waals surface area contributed by atoms with Gasteiger partial charge in [-0.05, 0) is 0 Å². The van der Waals surface area contributed by atoms with Gasteiger partial charge in [0.1, 0.15) is 0 Å². The van der Waals surface area contributed by atoms with Gasteiger partial charge in [0.05, 0.1) is 0 Å². The van der Waals surface area contributed by atoms with Gasteiger partial charge in [0, 0.05) is 0 Å². The first-order chi connectivity index (χ1) is 4.21. The van der Waals surface area contributed by atoms with Gasteiger partial charge in [0.15, 0.2) is 0 Å². The summed E-state index contributed by atoms with van der Waals surface area (Å²) in [5.41, 5.74) is 0. The minimum atomic E-state index is -6.23. The predicted octanol–water partition coefficient (Wildman–Crippen LogP) is 3.17. The van der Waals surface area contributed by atoms with Crippen molar-refractivity contribution in [3.05, 3.63) is 0 Å². The van der Waals surface area contributed by atoms with Gasteiger partial charge in [-0.25, -0.2) is 0 Å². The third-order valence-electron chi connectivity index (χ3n) is 0.348. The first-order valence-corrected chi connectivity index (χ1v) is 19.2. The molecule has 0 aliphatic rings. The summed E-state index contributed by atoms with van der Waals surface area (Å²) < 4.78 is 53.8. The fraction of sp³-hybridized carbons (Fsp3) is 1.00. The molecule has 0 saturated carbocycles. The van der Waals surface area contributed by atoms with E-state index in [9.17, 15) is 14.2 Å². The van der Waals surface area contributed by atoms with Crippen LogP contribution in [0.2, 0.25) is 11.6 Å². The van der Waals surface area contributed by atoms with Gasteiger partial charge in [0.25, 0.3) is 0 Å². The number of rotatable bonds is 2. The molecule has 9 heteroatoms. The zero-order valence-electron chi connectivity index (χ0n) is 5.57. The average Bonchev–Trinajstić information content (AvgIpc) is 1.04. The molecule has 0 fully saturated rings. The molecule has 11 heavy (non-hydrogen) atoms. The third-order valence-corrected chi connectivity index (χ3v) is 16.4. The summed E-state index contributed by atoms with van der Waals surface area (Å²) in [7, 11) is 0. The topological polar surface area (TPSA) is 9.23 Å². The number of hydrogen-bond donors (Lipinski definition) is 0. The van der Waals surface area contributed by atoms with E-state index in [-0.39, 0.29) is 0 Å². The van der Waals surface area contributed by atoms with Crippen molar-refractivity contribution in [3.8, 4) is 0 Å². The van der Waals surface area contributed by atoms with E-state index in [0.29, 0.717) is 11.6 Å². The zero-order valence-corrected chi connectivity index (χ0v) is 12.5. The summed E-state index contributed by atoms with van der Waals surface area (Å²) in [5.74, 6) is 0.782. The van der Waals surface area contributed by atoms with E-state index in [4.69, 9.17) is 0 Å². The van der Waals surface area contributed by atoms with Crippen LogP contribution in [0.1, 0.15) is 0 Å². The van der Waals surface area contributed by atoms with Crippen LogP contribution in [0.3, 0.4) is 0 Å². The van der Waals surface area contributed by atoms with E-state index < -0.39 is 22.4 Å². The van der Waals surface area contributed by atoms with Crippen molar-refractivity contribution < 1.29 is 17.1 Å². The summed E-state index contributed by atoms with van der Waals surface area (Å²) in [6.45, 7) is 0. The first-order valence-electron chi connectivity index (χ1n) is 2.27. The van der Waals surface area contributed by atoms with Gasteiger partial charge in [-0.2, -0.15) is 0 Å². The molecule has 0 spiro atoms. The van der Waals surface area contributed by atoms with Crippen LogP contribution < -0.4 is 0 Å². The van der Waals surface area contributed by atoms with Gasteiger partial charge in [-0.1, -0.05) is 0 Å². The first kappa shape index (κ1) is 12.7. The normalized spacial score (nSPS) is 21.5. The molecule has 0 radical (unpaired) electrons. The molecular weight excluding hydrogens is 434 g/mol. The Hall–Kier alpha value is 1.68. The Balaban J connectivity index is 4.55. The molecular formula is C2H8Br2F4OSe2.